The lowest BCUT2D eigenvalue weighted by atomic mass is 9.64. The molecule has 4 aliphatic rings. The summed E-state index contributed by atoms with van der Waals surface area (Å²) in [5.41, 5.74) is 4.74. The Morgan fingerprint density at radius 3 is 2.75 bits per heavy atom. The average molecular weight is 558 g/mol. The molecule has 8 heteroatoms. The summed E-state index contributed by atoms with van der Waals surface area (Å²) >= 11 is 1.60. The highest BCUT2D eigenvalue weighted by atomic mass is 32.1. The van der Waals surface area contributed by atoms with Crippen LogP contribution in [0.25, 0.3) is 11.3 Å². The minimum absolute atomic E-state index is 0.0116. The van der Waals surface area contributed by atoms with Gasteiger partial charge in [0.15, 0.2) is 11.4 Å². The van der Waals surface area contributed by atoms with Gasteiger partial charge in [0.25, 0.3) is 5.91 Å². The van der Waals surface area contributed by atoms with Gasteiger partial charge in [-0.1, -0.05) is 17.7 Å². The predicted molar refractivity (Wildman–Crippen MR) is 155 cm³/mol. The molecule has 4 atom stereocenters. The van der Waals surface area contributed by atoms with E-state index in [0.29, 0.717) is 13.2 Å². The fourth-order valence-electron chi connectivity index (χ4n) is 7.43. The number of carbonyl (C=O) groups is 2. The number of thiazole rings is 1. The van der Waals surface area contributed by atoms with Gasteiger partial charge in [0.1, 0.15) is 18.0 Å². The molecule has 4 unspecified atom stereocenters. The molecule has 7 nitrogen and oxygen atoms in total. The number of aliphatic hydroxyl groups is 1. The topological polar surface area (TPSA) is 83.0 Å². The first-order chi connectivity index (χ1) is 19.3. The number of carbonyl (C=O) groups excluding carboxylic acids is 2. The summed E-state index contributed by atoms with van der Waals surface area (Å²) in [4.78, 5) is 33.7. The van der Waals surface area contributed by atoms with Crippen molar-refractivity contribution in [1.82, 2.24) is 9.88 Å². The number of piperidine rings is 1. The number of aldehydes is 1. The van der Waals surface area contributed by atoms with Crippen LogP contribution in [-0.2, 0) is 11.4 Å². The first-order valence-corrected chi connectivity index (χ1v) is 15.2. The Labute approximate surface area is 238 Å². The van der Waals surface area contributed by atoms with E-state index in [-0.39, 0.29) is 23.2 Å². The third kappa shape index (κ3) is 3.98. The Morgan fingerprint density at radius 2 is 1.98 bits per heavy atom. The molecule has 2 saturated heterocycles. The lowest BCUT2D eigenvalue weighted by Gasteiger charge is -2.42. The molecule has 3 aromatic rings. The van der Waals surface area contributed by atoms with Gasteiger partial charge in [-0.3, -0.25) is 4.79 Å². The van der Waals surface area contributed by atoms with E-state index in [2.05, 4.69) is 23.3 Å². The fourth-order valence-corrected chi connectivity index (χ4v) is 8.27. The minimum atomic E-state index is -1.15. The summed E-state index contributed by atoms with van der Waals surface area (Å²) in [6.07, 6.45) is 5.07. The zero-order valence-electron chi connectivity index (χ0n) is 23.1. The molecule has 40 heavy (non-hydrogen) atoms. The number of nitrogens with zero attached hydrogens (tertiary/aromatic N) is 3. The van der Waals surface area contributed by atoms with Crippen LogP contribution in [0.4, 0.5) is 5.13 Å². The van der Waals surface area contributed by atoms with Gasteiger partial charge < -0.3 is 24.4 Å². The molecule has 0 radical (unpaired) electrons. The molecule has 1 N–H and O–H groups in total. The van der Waals surface area contributed by atoms with Crippen LogP contribution in [0.3, 0.4) is 0 Å². The number of hydrogen-bond acceptors (Lipinski definition) is 7. The summed E-state index contributed by atoms with van der Waals surface area (Å²) in [6.45, 7) is 7.72. The van der Waals surface area contributed by atoms with Crippen molar-refractivity contribution in [2.75, 3.05) is 31.1 Å². The second kappa shape index (κ2) is 9.42. The maximum atomic E-state index is 12.9. The molecule has 2 aliphatic carbocycles. The van der Waals surface area contributed by atoms with Gasteiger partial charge in [0, 0.05) is 59.9 Å². The van der Waals surface area contributed by atoms with Crippen LogP contribution in [0.2, 0.25) is 0 Å². The van der Waals surface area contributed by atoms with Crippen LogP contribution in [0.1, 0.15) is 52.7 Å². The van der Waals surface area contributed by atoms with Crippen molar-refractivity contribution in [1.29, 1.82) is 0 Å². The Hall–Kier alpha value is -3.23. The summed E-state index contributed by atoms with van der Waals surface area (Å²) < 4.78 is 6.36. The van der Waals surface area contributed by atoms with E-state index in [1.807, 2.05) is 42.2 Å². The standard InChI is InChI=1S/C32H35N3O4S/c1-20-6-9-26(39-16-23-8-7-22(13-21(23)2)29(37)34-10-4-3-5-11-34)24(12-20)25-17-40-30(33-25)35-15-28-31(18-35)14-27(31)32(28,38)19-36/h6-9,12-13,17,19,27-28,38H,3-5,10-11,14-16,18H2,1-2H3. The maximum Gasteiger partial charge on any atom is 0.253 e. The second-order valence-corrected chi connectivity index (χ2v) is 13.1. The van der Waals surface area contributed by atoms with Gasteiger partial charge in [0.2, 0.25) is 0 Å². The van der Waals surface area contributed by atoms with Gasteiger partial charge in [-0.15, -0.1) is 11.3 Å². The van der Waals surface area contributed by atoms with E-state index >= 15 is 0 Å². The average Bonchev–Trinajstić information content (AvgIpc) is 3.24. The SMILES string of the molecule is Cc1ccc(OCc2ccc(C(=O)N3CCCCC3)cc2C)c(-c2csc(N3CC4C(O)(C=O)C5CC45C3)n2)c1. The first kappa shape index (κ1) is 25.7. The predicted octanol–water partition coefficient (Wildman–Crippen LogP) is 5.02. The molecular formula is C32H35N3O4S. The van der Waals surface area contributed by atoms with Crippen LogP contribution in [0, 0.1) is 31.1 Å². The number of ether oxygens (including phenoxy) is 1. The zero-order chi connectivity index (χ0) is 27.6. The van der Waals surface area contributed by atoms with Crippen LogP contribution in [0.5, 0.6) is 5.75 Å². The van der Waals surface area contributed by atoms with Crippen LogP contribution >= 0.6 is 11.3 Å². The highest BCUT2D eigenvalue weighted by molar-refractivity contribution is 7.14. The summed E-state index contributed by atoms with van der Waals surface area (Å²) in [7, 11) is 0. The molecule has 0 bridgehead atoms. The van der Waals surface area contributed by atoms with Crippen molar-refractivity contribution in [3.05, 3.63) is 64.0 Å². The molecular weight excluding hydrogens is 522 g/mol. The third-order valence-corrected chi connectivity index (χ3v) is 10.7. The second-order valence-electron chi connectivity index (χ2n) is 12.2. The van der Waals surface area contributed by atoms with Gasteiger partial charge in [-0.05, 0) is 74.9 Å². The van der Waals surface area contributed by atoms with Crippen LogP contribution in [-0.4, -0.2) is 59.0 Å². The Balaban J connectivity index is 1.06. The van der Waals surface area contributed by atoms with Crippen molar-refractivity contribution in [3.8, 4) is 17.0 Å². The number of benzene rings is 2. The molecule has 2 aliphatic heterocycles. The lowest BCUT2D eigenvalue weighted by Crippen LogP contribution is -2.56. The number of aromatic nitrogens is 1. The third-order valence-electron chi connectivity index (χ3n) is 9.79. The van der Waals surface area contributed by atoms with Gasteiger partial charge in [-0.25, -0.2) is 4.98 Å². The van der Waals surface area contributed by atoms with Gasteiger partial charge in [0.05, 0.1) is 5.69 Å². The number of rotatable bonds is 7. The Bertz CT molecular complexity index is 1500. The van der Waals surface area contributed by atoms with Crippen molar-refractivity contribution in [3.63, 3.8) is 0 Å². The number of anilines is 1. The maximum absolute atomic E-state index is 12.9. The molecule has 208 valence electrons. The van der Waals surface area contributed by atoms with E-state index in [1.54, 1.807) is 11.3 Å². The molecule has 1 amide bonds. The summed E-state index contributed by atoms with van der Waals surface area (Å²) in [6, 6.07) is 12.1. The summed E-state index contributed by atoms with van der Waals surface area (Å²) in [5, 5.41) is 13.7. The van der Waals surface area contributed by atoms with Crippen molar-refractivity contribution in [2.24, 2.45) is 17.3 Å². The smallest absolute Gasteiger partial charge is 0.253 e. The molecule has 7 rings (SSSR count). The highest BCUT2D eigenvalue weighted by Crippen LogP contribution is 2.77. The number of amides is 1. The van der Waals surface area contributed by atoms with Crippen LogP contribution in [0.15, 0.2) is 41.8 Å². The number of hydrogen-bond donors (Lipinski definition) is 1. The first-order valence-electron chi connectivity index (χ1n) is 14.3. The van der Waals surface area contributed by atoms with E-state index in [0.717, 1.165) is 89.6 Å². The Morgan fingerprint density at radius 1 is 1.15 bits per heavy atom. The molecule has 3 heterocycles. The molecule has 1 aromatic heterocycles. The highest BCUT2D eigenvalue weighted by Gasteiger charge is 2.83. The molecule has 2 aromatic carbocycles. The fraction of sp³-hybridized carbons (Fsp3) is 0.469. The quantitative estimate of drug-likeness (QED) is 0.411. The number of likely N-dealkylation sites (tertiary alicyclic amines) is 1. The van der Waals surface area contributed by atoms with Gasteiger partial charge >= 0.3 is 0 Å². The van der Waals surface area contributed by atoms with E-state index < -0.39 is 5.60 Å². The van der Waals surface area contributed by atoms with Crippen molar-refractivity contribution in [2.45, 2.75) is 51.7 Å². The Kier molecular flexibility index (Phi) is 6.05. The van der Waals surface area contributed by atoms with Crippen molar-refractivity contribution >= 4 is 28.7 Å². The van der Waals surface area contributed by atoms with Crippen molar-refractivity contribution < 1.29 is 19.4 Å². The summed E-state index contributed by atoms with van der Waals surface area (Å²) in [5.74, 6) is 1.02. The normalized spacial score (nSPS) is 28.5. The zero-order valence-corrected chi connectivity index (χ0v) is 23.9. The van der Waals surface area contributed by atoms with E-state index in [9.17, 15) is 14.7 Å². The van der Waals surface area contributed by atoms with E-state index in [1.165, 1.54) is 6.42 Å². The lowest BCUT2D eigenvalue weighted by molar-refractivity contribution is -0.152. The number of aryl methyl sites for hydroxylation is 2. The molecule has 1 spiro atoms. The van der Waals surface area contributed by atoms with E-state index in [4.69, 9.17) is 9.72 Å². The molecule has 4 fully saturated rings. The minimum Gasteiger partial charge on any atom is -0.488 e. The molecule has 2 saturated carbocycles. The van der Waals surface area contributed by atoms with Crippen LogP contribution < -0.4 is 9.64 Å². The van der Waals surface area contributed by atoms with Gasteiger partial charge in [-0.2, -0.15) is 0 Å². The monoisotopic (exact) mass is 557 g/mol. The largest absolute Gasteiger partial charge is 0.488 e.